The van der Waals surface area contributed by atoms with E-state index >= 15 is 0 Å². The number of aryl methyl sites for hydroxylation is 1. The predicted octanol–water partition coefficient (Wildman–Crippen LogP) is 1.98. The molecule has 6 heteroatoms. The standard InChI is InChI=1S/C13H21N3O2S/c1-3-11-16-10(7-19-11)9(2)15-12(17)14-8-13(18)5-4-6-13/h7,9,18H,3-6,8H2,1-2H3,(H2,14,15,17). The Labute approximate surface area is 117 Å². The molecule has 3 N–H and O–H groups in total. The van der Waals surface area contributed by atoms with Crippen LogP contribution < -0.4 is 10.6 Å². The predicted molar refractivity (Wildman–Crippen MR) is 75.2 cm³/mol. The van der Waals surface area contributed by atoms with Gasteiger partial charge in [-0.2, -0.15) is 0 Å². The Hall–Kier alpha value is -1.14. The molecule has 1 heterocycles. The van der Waals surface area contributed by atoms with Crippen molar-refractivity contribution in [3.63, 3.8) is 0 Å². The maximum absolute atomic E-state index is 11.7. The number of carbonyl (C=O) groups excluding carboxylic acids is 1. The van der Waals surface area contributed by atoms with Crippen LogP contribution in [0.1, 0.15) is 49.9 Å². The average Bonchev–Trinajstić information content (AvgIpc) is 2.82. The highest BCUT2D eigenvalue weighted by molar-refractivity contribution is 7.09. The molecule has 19 heavy (non-hydrogen) atoms. The first-order chi connectivity index (χ1) is 9.02. The van der Waals surface area contributed by atoms with E-state index < -0.39 is 5.60 Å². The van der Waals surface area contributed by atoms with Gasteiger partial charge in [0, 0.05) is 11.9 Å². The summed E-state index contributed by atoms with van der Waals surface area (Å²) in [6.07, 6.45) is 3.50. The SMILES string of the molecule is CCc1nc(C(C)NC(=O)NCC2(O)CCC2)cs1. The summed E-state index contributed by atoms with van der Waals surface area (Å²) in [7, 11) is 0. The van der Waals surface area contributed by atoms with E-state index in [1.807, 2.05) is 12.3 Å². The van der Waals surface area contributed by atoms with Gasteiger partial charge in [0.15, 0.2) is 0 Å². The molecule has 0 bridgehead atoms. The van der Waals surface area contributed by atoms with Crippen LogP contribution in [0.25, 0.3) is 0 Å². The number of nitrogens with zero attached hydrogens (tertiary/aromatic N) is 1. The summed E-state index contributed by atoms with van der Waals surface area (Å²) in [6.45, 7) is 4.29. The summed E-state index contributed by atoms with van der Waals surface area (Å²) in [5, 5.41) is 18.5. The molecule has 0 aromatic carbocycles. The fourth-order valence-corrected chi connectivity index (χ4v) is 2.85. The minimum Gasteiger partial charge on any atom is -0.388 e. The van der Waals surface area contributed by atoms with Crippen molar-refractivity contribution in [2.24, 2.45) is 0 Å². The second kappa shape index (κ2) is 5.88. The van der Waals surface area contributed by atoms with Crippen LogP contribution in [0.15, 0.2) is 5.38 Å². The van der Waals surface area contributed by atoms with Gasteiger partial charge in [-0.3, -0.25) is 0 Å². The molecule has 0 spiro atoms. The van der Waals surface area contributed by atoms with E-state index in [-0.39, 0.29) is 12.1 Å². The monoisotopic (exact) mass is 283 g/mol. The molecular weight excluding hydrogens is 262 g/mol. The molecule has 0 radical (unpaired) electrons. The van der Waals surface area contributed by atoms with Crippen molar-refractivity contribution in [2.45, 2.75) is 51.2 Å². The molecule has 1 fully saturated rings. The Bertz CT molecular complexity index is 443. The zero-order valence-electron chi connectivity index (χ0n) is 11.4. The van der Waals surface area contributed by atoms with Crippen molar-refractivity contribution >= 4 is 17.4 Å². The third-order valence-corrected chi connectivity index (χ3v) is 4.54. The Morgan fingerprint density at radius 1 is 1.63 bits per heavy atom. The lowest BCUT2D eigenvalue weighted by Crippen LogP contribution is -2.50. The fraction of sp³-hybridized carbons (Fsp3) is 0.692. The van der Waals surface area contributed by atoms with Crippen LogP contribution in [0.5, 0.6) is 0 Å². The van der Waals surface area contributed by atoms with Gasteiger partial charge in [0.25, 0.3) is 0 Å². The second-order valence-electron chi connectivity index (χ2n) is 5.15. The minimum absolute atomic E-state index is 0.118. The number of aromatic nitrogens is 1. The van der Waals surface area contributed by atoms with Crippen molar-refractivity contribution in [3.8, 4) is 0 Å². The van der Waals surface area contributed by atoms with E-state index in [2.05, 4.69) is 22.5 Å². The summed E-state index contributed by atoms with van der Waals surface area (Å²) in [5.74, 6) is 0. The van der Waals surface area contributed by atoms with Gasteiger partial charge in [0.2, 0.25) is 0 Å². The van der Waals surface area contributed by atoms with Gasteiger partial charge in [-0.05, 0) is 32.6 Å². The number of aliphatic hydroxyl groups is 1. The molecule has 1 saturated carbocycles. The molecule has 0 aliphatic heterocycles. The molecule has 2 rings (SSSR count). The normalized spacial score (nSPS) is 18.5. The topological polar surface area (TPSA) is 74.2 Å². The minimum atomic E-state index is -0.684. The maximum Gasteiger partial charge on any atom is 0.315 e. The Kier molecular flexibility index (Phi) is 4.42. The zero-order valence-corrected chi connectivity index (χ0v) is 12.2. The smallest absolute Gasteiger partial charge is 0.315 e. The maximum atomic E-state index is 11.7. The fourth-order valence-electron chi connectivity index (χ4n) is 2.01. The van der Waals surface area contributed by atoms with Crippen LogP contribution in [0.3, 0.4) is 0 Å². The lowest BCUT2D eigenvalue weighted by atomic mass is 9.80. The molecule has 2 amide bonds. The molecule has 1 aliphatic carbocycles. The summed E-state index contributed by atoms with van der Waals surface area (Å²) in [4.78, 5) is 16.2. The van der Waals surface area contributed by atoms with Gasteiger partial charge in [-0.15, -0.1) is 11.3 Å². The van der Waals surface area contributed by atoms with E-state index in [9.17, 15) is 9.90 Å². The van der Waals surface area contributed by atoms with Crippen molar-refractivity contribution < 1.29 is 9.90 Å². The van der Waals surface area contributed by atoms with Gasteiger partial charge >= 0.3 is 6.03 Å². The van der Waals surface area contributed by atoms with Crippen LogP contribution in [0, 0.1) is 0 Å². The van der Waals surface area contributed by atoms with Gasteiger partial charge in [-0.1, -0.05) is 6.92 Å². The zero-order chi connectivity index (χ0) is 13.9. The second-order valence-corrected chi connectivity index (χ2v) is 6.09. The Balaban J connectivity index is 1.77. The average molecular weight is 283 g/mol. The number of urea groups is 1. The Morgan fingerprint density at radius 2 is 2.37 bits per heavy atom. The van der Waals surface area contributed by atoms with Crippen molar-refractivity contribution in [2.75, 3.05) is 6.54 Å². The first kappa shape index (κ1) is 14.3. The third-order valence-electron chi connectivity index (χ3n) is 3.53. The van der Waals surface area contributed by atoms with Crippen molar-refractivity contribution in [3.05, 3.63) is 16.1 Å². The number of hydrogen-bond acceptors (Lipinski definition) is 4. The number of hydrogen-bond donors (Lipinski definition) is 3. The molecule has 1 aromatic rings. The summed E-state index contributed by atoms with van der Waals surface area (Å²) >= 11 is 1.61. The molecule has 1 aliphatic rings. The molecule has 106 valence electrons. The summed E-state index contributed by atoms with van der Waals surface area (Å²) in [6, 6.07) is -0.369. The van der Waals surface area contributed by atoms with Crippen molar-refractivity contribution in [1.29, 1.82) is 0 Å². The molecule has 5 nitrogen and oxygen atoms in total. The Morgan fingerprint density at radius 3 is 2.89 bits per heavy atom. The van der Waals surface area contributed by atoms with Crippen LogP contribution in [0.2, 0.25) is 0 Å². The highest BCUT2D eigenvalue weighted by Gasteiger charge is 2.34. The molecule has 0 saturated heterocycles. The highest BCUT2D eigenvalue weighted by Crippen LogP contribution is 2.30. The van der Waals surface area contributed by atoms with E-state index in [0.717, 1.165) is 36.4 Å². The first-order valence-electron chi connectivity index (χ1n) is 6.73. The summed E-state index contributed by atoms with van der Waals surface area (Å²) < 4.78 is 0. The molecule has 1 unspecified atom stereocenters. The highest BCUT2D eigenvalue weighted by atomic mass is 32.1. The van der Waals surface area contributed by atoms with Crippen molar-refractivity contribution in [1.82, 2.24) is 15.6 Å². The van der Waals surface area contributed by atoms with E-state index in [4.69, 9.17) is 0 Å². The summed E-state index contributed by atoms with van der Waals surface area (Å²) in [5.41, 5.74) is 0.204. The number of rotatable bonds is 5. The molecule has 1 atom stereocenters. The first-order valence-corrected chi connectivity index (χ1v) is 7.61. The number of nitrogens with one attached hydrogen (secondary N) is 2. The van der Waals surface area contributed by atoms with E-state index in [0.29, 0.717) is 6.54 Å². The lowest BCUT2D eigenvalue weighted by molar-refractivity contribution is -0.0290. The van der Waals surface area contributed by atoms with Crippen LogP contribution in [0.4, 0.5) is 4.79 Å². The van der Waals surface area contributed by atoms with Gasteiger partial charge in [0.1, 0.15) is 0 Å². The largest absolute Gasteiger partial charge is 0.388 e. The van der Waals surface area contributed by atoms with Gasteiger partial charge < -0.3 is 15.7 Å². The van der Waals surface area contributed by atoms with Crippen LogP contribution in [-0.4, -0.2) is 28.3 Å². The third kappa shape index (κ3) is 3.67. The number of thiazole rings is 1. The van der Waals surface area contributed by atoms with Crippen LogP contribution in [-0.2, 0) is 6.42 Å². The number of carbonyl (C=O) groups is 1. The number of amides is 2. The molecule has 1 aromatic heterocycles. The lowest BCUT2D eigenvalue weighted by Gasteiger charge is -2.36. The van der Waals surface area contributed by atoms with Gasteiger partial charge in [0.05, 0.1) is 22.3 Å². The van der Waals surface area contributed by atoms with E-state index in [1.54, 1.807) is 11.3 Å². The van der Waals surface area contributed by atoms with E-state index in [1.165, 1.54) is 0 Å². The van der Waals surface area contributed by atoms with Gasteiger partial charge in [-0.25, -0.2) is 9.78 Å². The quantitative estimate of drug-likeness (QED) is 0.773. The molecular formula is C13H21N3O2S. The van der Waals surface area contributed by atoms with Crippen LogP contribution >= 0.6 is 11.3 Å².